The summed E-state index contributed by atoms with van der Waals surface area (Å²) in [4.78, 5) is 0. The maximum atomic E-state index is 13.9. The van der Waals surface area contributed by atoms with E-state index in [1.165, 1.54) is 12.1 Å². The van der Waals surface area contributed by atoms with Gasteiger partial charge >= 0.3 is 0 Å². The molecule has 1 N–H and O–H groups in total. The molecule has 0 fully saturated rings. The van der Waals surface area contributed by atoms with Crippen LogP contribution in [0.25, 0.3) is 0 Å². The summed E-state index contributed by atoms with van der Waals surface area (Å²) in [5, 5.41) is 4.15. The highest BCUT2D eigenvalue weighted by Gasteiger charge is 2.16. The lowest BCUT2D eigenvalue weighted by molar-refractivity contribution is 0.502. The zero-order valence-corrected chi connectivity index (χ0v) is 13.0. The topological polar surface area (TPSA) is 12.0 Å². The lowest BCUT2D eigenvalue weighted by Gasteiger charge is -2.19. The Bertz CT molecular complexity index is 632. The Morgan fingerprint density at radius 1 is 1.05 bits per heavy atom. The summed E-state index contributed by atoms with van der Waals surface area (Å²) in [5.41, 5.74) is 1.36. The highest BCUT2D eigenvalue weighted by molar-refractivity contribution is 6.42. The van der Waals surface area contributed by atoms with E-state index in [0.717, 1.165) is 11.6 Å². The summed E-state index contributed by atoms with van der Waals surface area (Å²) in [6.07, 6.45) is 0.535. The van der Waals surface area contributed by atoms with Crippen molar-refractivity contribution in [3.63, 3.8) is 0 Å². The molecule has 0 aliphatic heterocycles. The Morgan fingerprint density at radius 2 is 1.81 bits per heavy atom. The first kappa shape index (κ1) is 16.2. The molecule has 0 saturated carbocycles. The molecule has 0 spiro atoms. The second kappa shape index (κ2) is 7.21. The fourth-order valence-corrected chi connectivity index (χ4v) is 2.55. The van der Waals surface area contributed by atoms with Gasteiger partial charge in [-0.15, -0.1) is 0 Å². The average Bonchev–Trinajstić information content (AvgIpc) is 2.42. The van der Waals surface area contributed by atoms with Crippen LogP contribution in [0.2, 0.25) is 10.0 Å². The summed E-state index contributed by atoms with van der Waals surface area (Å²) >= 11 is 11.9. The lowest BCUT2D eigenvalue weighted by Crippen LogP contribution is -2.24. The molecule has 0 aromatic heterocycles. The van der Waals surface area contributed by atoms with Crippen LogP contribution in [0.15, 0.2) is 36.4 Å². The second-order valence-corrected chi connectivity index (χ2v) is 5.54. The minimum absolute atomic E-state index is 0.257. The van der Waals surface area contributed by atoms with Gasteiger partial charge in [-0.25, -0.2) is 8.78 Å². The first-order valence-corrected chi connectivity index (χ1v) is 7.39. The molecular weight excluding hydrogens is 315 g/mol. The van der Waals surface area contributed by atoms with Gasteiger partial charge < -0.3 is 5.32 Å². The smallest absolute Gasteiger partial charge is 0.130 e. The van der Waals surface area contributed by atoms with Gasteiger partial charge in [-0.2, -0.15) is 0 Å². The van der Waals surface area contributed by atoms with Crippen molar-refractivity contribution in [2.75, 3.05) is 6.54 Å². The number of rotatable bonds is 5. The van der Waals surface area contributed by atoms with Crippen LogP contribution in [-0.2, 0) is 6.42 Å². The Balaban J connectivity index is 2.28. The highest BCUT2D eigenvalue weighted by atomic mass is 35.5. The molecule has 0 aliphatic rings. The SMILES string of the molecule is CCNC(Cc1ccc(Cl)c(Cl)c1)c1ccc(F)cc1F. The fraction of sp³-hybridized carbons (Fsp3) is 0.250. The van der Waals surface area contributed by atoms with E-state index >= 15 is 0 Å². The van der Waals surface area contributed by atoms with Gasteiger partial charge in [-0.3, -0.25) is 0 Å². The van der Waals surface area contributed by atoms with E-state index in [4.69, 9.17) is 23.2 Å². The average molecular weight is 330 g/mol. The molecule has 0 heterocycles. The number of likely N-dealkylation sites (N-methyl/N-ethyl adjacent to an activating group) is 1. The van der Waals surface area contributed by atoms with Crippen LogP contribution < -0.4 is 5.32 Å². The first-order valence-electron chi connectivity index (χ1n) is 6.63. The van der Waals surface area contributed by atoms with Gasteiger partial charge in [-0.1, -0.05) is 42.3 Å². The fourth-order valence-electron chi connectivity index (χ4n) is 2.22. The molecule has 0 radical (unpaired) electrons. The van der Waals surface area contributed by atoms with Crippen molar-refractivity contribution in [2.24, 2.45) is 0 Å². The lowest BCUT2D eigenvalue weighted by atomic mass is 9.98. The normalized spacial score (nSPS) is 12.4. The van der Waals surface area contributed by atoms with E-state index in [-0.39, 0.29) is 6.04 Å². The van der Waals surface area contributed by atoms with Crippen molar-refractivity contribution in [3.05, 3.63) is 69.2 Å². The van der Waals surface area contributed by atoms with Crippen LogP contribution in [0.5, 0.6) is 0 Å². The van der Waals surface area contributed by atoms with E-state index in [0.29, 0.717) is 28.6 Å². The molecule has 5 heteroatoms. The van der Waals surface area contributed by atoms with E-state index in [1.54, 1.807) is 12.1 Å². The maximum absolute atomic E-state index is 13.9. The third-order valence-corrected chi connectivity index (χ3v) is 3.95. The predicted molar refractivity (Wildman–Crippen MR) is 82.9 cm³/mol. The van der Waals surface area contributed by atoms with Gasteiger partial charge in [0.05, 0.1) is 10.0 Å². The van der Waals surface area contributed by atoms with Gasteiger partial charge in [-0.05, 0) is 36.7 Å². The Kier molecular flexibility index (Phi) is 5.57. The van der Waals surface area contributed by atoms with E-state index in [2.05, 4.69) is 5.32 Å². The summed E-state index contributed by atoms with van der Waals surface area (Å²) in [7, 11) is 0. The summed E-state index contributed by atoms with van der Waals surface area (Å²) in [6, 6.07) is 8.69. The third kappa shape index (κ3) is 4.16. The van der Waals surface area contributed by atoms with Crippen molar-refractivity contribution < 1.29 is 8.78 Å². The predicted octanol–water partition coefficient (Wildman–Crippen LogP) is 5.16. The van der Waals surface area contributed by atoms with E-state index < -0.39 is 11.6 Å². The number of hydrogen-bond donors (Lipinski definition) is 1. The zero-order chi connectivity index (χ0) is 15.4. The van der Waals surface area contributed by atoms with Crippen LogP contribution in [0, 0.1) is 11.6 Å². The molecule has 1 atom stereocenters. The molecule has 1 unspecified atom stereocenters. The largest absolute Gasteiger partial charge is 0.310 e. The maximum Gasteiger partial charge on any atom is 0.130 e. The summed E-state index contributed by atoms with van der Waals surface area (Å²) in [5.74, 6) is -1.14. The standard InChI is InChI=1S/C16H15Cl2F2N/c1-2-21-16(12-5-4-11(19)9-15(12)20)8-10-3-6-13(17)14(18)7-10/h3-7,9,16,21H,2,8H2,1H3. The molecular formula is C16H15Cl2F2N. The van der Waals surface area contributed by atoms with Gasteiger partial charge in [0, 0.05) is 17.7 Å². The number of nitrogens with one attached hydrogen (secondary N) is 1. The van der Waals surface area contributed by atoms with Crippen LogP contribution in [-0.4, -0.2) is 6.54 Å². The Morgan fingerprint density at radius 3 is 2.43 bits per heavy atom. The van der Waals surface area contributed by atoms with Crippen molar-refractivity contribution in [3.8, 4) is 0 Å². The van der Waals surface area contributed by atoms with Gasteiger partial charge in [0.25, 0.3) is 0 Å². The van der Waals surface area contributed by atoms with Crippen LogP contribution in [0.3, 0.4) is 0 Å². The summed E-state index contributed by atoms with van der Waals surface area (Å²) < 4.78 is 27.0. The molecule has 0 bridgehead atoms. The summed E-state index contributed by atoms with van der Waals surface area (Å²) in [6.45, 7) is 2.60. The third-order valence-electron chi connectivity index (χ3n) is 3.21. The minimum Gasteiger partial charge on any atom is -0.310 e. The van der Waals surface area contributed by atoms with Crippen molar-refractivity contribution in [2.45, 2.75) is 19.4 Å². The molecule has 112 valence electrons. The molecule has 21 heavy (non-hydrogen) atoms. The highest BCUT2D eigenvalue weighted by Crippen LogP contribution is 2.27. The monoisotopic (exact) mass is 329 g/mol. The second-order valence-electron chi connectivity index (χ2n) is 4.73. The molecule has 2 aromatic rings. The van der Waals surface area contributed by atoms with E-state index in [9.17, 15) is 8.78 Å². The molecule has 2 rings (SSSR count). The van der Waals surface area contributed by atoms with E-state index in [1.807, 2.05) is 13.0 Å². The number of hydrogen-bond acceptors (Lipinski definition) is 1. The van der Waals surface area contributed by atoms with Gasteiger partial charge in [0.15, 0.2) is 0 Å². The molecule has 0 aliphatic carbocycles. The molecule has 1 nitrogen and oxygen atoms in total. The van der Waals surface area contributed by atoms with Gasteiger partial charge in [0.2, 0.25) is 0 Å². The van der Waals surface area contributed by atoms with Crippen LogP contribution in [0.1, 0.15) is 24.1 Å². The van der Waals surface area contributed by atoms with Crippen LogP contribution >= 0.6 is 23.2 Å². The molecule has 2 aromatic carbocycles. The van der Waals surface area contributed by atoms with Crippen molar-refractivity contribution in [1.29, 1.82) is 0 Å². The quantitative estimate of drug-likeness (QED) is 0.798. The van der Waals surface area contributed by atoms with Gasteiger partial charge in [0.1, 0.15) is 11.6 Å². The van der Waals surface area contributed by atoms with Crippen molar-refractivity contribution in [1.82, 2.24) is 5.32 Å². The van der Waals surface area contributed by atoms with Crippen molar-refractivity contribution >= 4 is 23.2 Å². The number of halogens is 4. The Hall–Kier alpha value is -1.16. The van der Waals surface area contributed by atoms with Crippen LogP contribution in [0.4, 0.5) is 8.78 Å². The molecule has 0 saturated heterocycles. The zero-order valence-electron chi connectivity index (χ0n) is 11.5. The first-order chi connectivity index (χ1) is 10.0. The Labute approximate surface area is 132 Å². The minimum atomic E-state index is -0.582. The number of benzene rings is 2. The molecule has 0 amide bonds.